The van der Waals surface area contributed by atoms with Gasteiger partial charge in [0.1, 0.15) is 5.41 Å². The monoisotopic (exact) mass is 603 g/mol. The topological polar surface area (TPSA) is 30.3 Å². The van der Waals surface area contributed by atoms with Crippen molar-refractivity contribution in [3.63, 3.8) is 0 Å². The lowest BCUT2D eigenvalue weighted by atomic mass is 9.70. The summed E-state index contributed by atoms with van der Waals surface area (Å²) in [6.07, 6.45) is 0. The van der Waals surface area contributed by atoms with Gasteiger partial charge in [0, 0.05) is 34.1 Å². The third kappa shape index (κ3) is 5.77. The second-order valence-corrected chi connectivity index (χ2v) is 11.3. The molecule has 0 atom stereocenters. The zero-order valence-electron chi connectivity index (χ0n) is 25.9. The quantitative estimate of drug-likeness (QED) is 0.154. The molecule has 0 radical (unpaired) electrons. The Morgan fingerprint density at radius 2 is 0.532 bits per heavy atom. The molecule has 0 aliphatic carbocycles. The minimum Gasteiger partial charge on any atom is -0.311 e. The van der Waals surface area contributed by atoms with Crippen LogP contribution in [0.5, 0.6) is 0 Å². The Labute approximate surface area is 276 Å². The third-order valence-electron chi connectivity index (χ3n) is 8.55. The summed E-state index contributed by atoms with van der Waals surface area (Å²) in [5, 5.41) is 11.1. The average molecular weight is 604 g/mol. The van der Waals surface area contributed by atoms with Crippen LogP contribution >= 0.6 is 0 Å². The standard InChI is InChI=1S/C44H33N3/c45-34-44(35-16-6-1-7-17-35,36-26-30-42(31-27-36)46(38-18-8-2-9-19-38)39-20-10-3-11-21-39)37-28-32-43(33-29-37)47(40-22-12-4-13-23-40)41-24-14-5-15-25-41/h1-33H. The molecule has 0 aliphatic rings. The second kappa shape index (κ2) is 13.3. The normalized spacial score (nSPS) is 11.0. The molecule has 0 spiro atoms. The van der Waals surface area contributed by atoms with E-state index in [1.807, 2.05) is 54.6 Å². The highest BCUT2D eigenvalue weighted by Gasteiger charge is 2.37. The van der Waals surface area contributed by atoms with Crippen LogP contribution in [-0.2, 0) is 5.41 Å². The van der Waals surface area contributed by atoms with Crippen LogP contribution in [-0.4, -0.2) is 0 Å². The summed E-state index contributed by atoms with van der Waals surface area (Å²) in [6.45, 7) is 0. The molecule has 0 N–H and O–H groups in total. The van der Waals surface area contributed by atoms with Gasteiger partial charge in [-0.1, -0.05) is 127 Å². The fourth-order valence-electron chi connectivity index (χ4n) is 6.31. The lowest BCUT2D eigenvalue weighted by Crippen LogP contribution is -2.27. The molecule has 0 saturated heterocycles. The van der Waals surface area contributed by atoms with Crippen LogP contribution in [0.1, 0.15) is 16.7 Å². The summed E-state index contributed by atoms with van der Waals surface area (Å²) in [7, 11) is 0. The number of hydrogen-bond acceptors (Lipinski definition) is 3. The zero-order chi connectivity index (χ0) is 31.9. The summed E-state index contributed by atoms with van der Waals surface area (Å²) in [5.41, 5.74) is 8.03. The minimum absolute atomic E-state index is 0.909. The van der Waals surface area contributed by atoms with Gasteiger partial charge >= 0.3 is 0 Å². The third-order valence-corrected chi connectivity index (χ3v) is 8.55. The van der Waals surface area contributed by atoms with Crippen LogP contribution in [0.3, 0.4) is 0 Å². The van der Waals surface area contributed by atoms with E-state index in [1.165, 1.54) is 0 Å². The van der Waals surface area contributed by atoms with Crippen LogP contribution in [0, 0.1) is 11.3 Å². The van der Waals surface area contributed by atoms with Gasteiger partial charge in [-0.25, -0.2) is 0 Å². The second-order valence-electron chi connectivity index (χ2n) is 11.3. The first-order chi connectivity index (χ1) is 23.3. The van der Waals surface area contributed by atoms with Gasteiger partial charge in [0.25, 0.3) is 0 Å². The Kier molecular flexibility index (Phi) is 8.32. The number of nitriles is 1. The highest BCUT2D eigenvalue weighted by Crippen LogP contribution is 2.43. The lowest BCUT2D eigenvalue weighted by molar-refractivity contribution is 0.795. The van der Waals surface area contributed by atoms with Crippen molar-refractivity contribution in [2.24, 2.45) is 0 Å². The maximum Gasteiger partial charge on any atom is 0.132 e. The van der Waals surface area contributed by atoms with E-state index < -0.39 is 5.41 Å². The summed E-state index contributed by atoms with van der Waals surface area (Å²) in [4.78, 5) is 4.47. The van der Waals surface area contributed by atoms with Crippen LogP contribution in [0.2, 0.25) is 0 Å². The van der Waals surface area contributed by atoms with Crippen LogP contribution in [0.4, 0.5) is 34.1 Å². The SMILES string of the molecule is N#CC(c1ccccc1)(c1ccc(N(c2ccccc2)c2ccccc2)cc1)c1ccc(N(c2ccccc2)c2ccccc2)cc1. The molecule has 47 heavy (non-hydrogen) atoms. The van der Waals surface area contributed by atoms with E-state index in [1.54, 1.807) is 0 Å². The van der Waals surface area contributed by atoms with Crippen LogP contribution in [0.25, 0.3) is 0 Å². The number of hydrogen-bond donors (Lipinski definition) is 0. The molecule has 0 saturated carbocycles. The molecule has 3 nitrogen and oxygen atoms in total. The minimum atomic E-state index is -1.02. The first-order valence-corrected chi connectivity index (χ1v) is 15.8. The van der Waals surface area contributed by atoms with Crippen molar-refractivity contribution >= 4 is 34.1 Å². The molecule has 0 aliphatic heterocycles. The van der Waals surface area contributed by atoms with Crippen molar-refractivity contribution in [1.82, 2.24) is 0 Å². The van der Waals surface area contributed by atoms with E-state index in [4.69, 9.17) is 0 Å². The van der Waals surface area contributed by atoms with E-state index >= 15 is 0 Å². The molecule has 0 fully saturated rings. The van der Waals surface area contributed by atoms with E-state index in [0.717, 1.165) is 50.8 Å². The fraction of sp³-hybridized carbons (Fsp3) is 0.0227. The van der Waals surface area contributed by atoms with Gasteiger partial charge in [-0.05, 0) is 89.5 Å². The van der Waals surface area contributed by atoms with Crippen molar-refractivity contribution in [2.45, 2.75) is 5.41 Å². The average Bonchev–Trinajstić information content (AvgIpc) is 3.16. The van der Waals surface area contributed by atoms with Gasteiger partial charge in [0.2, 0.25) is 0 Å². The smallest absolute Gasteiger partial charge is 0.132 e. The molecule has 7 rings (SSSR count). The first-order valence-electron chi connectivity index (χ1n) is 15.8. The summed E-state index contributed by atoms with van der Waals surface area (Å²) >= 11 is 0. The number of nitrogens with zero attached hydrogens (tertiary/aromatic N) is 3. The van der Waals surface area contributed by atoms with E-state index in [9.17, 15) is 5.26 Å². The summed E-state index contributed by atoms with van der Waals surface area (Å²) in [5.74, 6) is 0. The van der Waals surface area contributed by atoms with Crippen molar-refractivity contribution < 1.29 is 0 Å². The molecule has 7 aromatic rings. The number of anilines is 6. The van der Waals surface area contributed by atoms with Gasteiger partial charge in [-0.2, -0.15) is 5.26 Å². The van der Waals surface area contributed by atoms with Gasteiger partial charge < -0.3 is 9.80 Å². The molecule has 224 valence electrons. The highest BCUT2D eigenvalue weighted by atomic mass is 15.1. The Balaban J connectivity index is 1.33. The highest BCUT2D eigenvalue weighted by molar-refractivity contribution is 5.78. The maximum atomic E-state index is 11.1. The molecule has 0 bridgehead atoms. The van der Waals surface area contributed by atoms with Gasteiger partial charge in [-0.3, -0.25) is 0 Å². The molecular weight excluding hydrogens is 571 g/mol. The Morgan fingerprint density at radius 3 is 0.809 bits per heavy atom. The zero-order valence-corrected chi connectivity index (χ0v) is 25.9. The van der Waals surface area contributed by atoms with Gasteiger partial charge in [0.05, 0.1) is 6.07 Å². The van der Waals surface area contributed by atoms with Gasteiger partial charge in [0.15, 0.2) is 0 Å². The molecular formula is C44H33N3. The molecule has 0 aromatic heterocycles. The van der Waals surface area contributed by atoms with Crippen LogP contribution < -0.4 is 9.80 Å². The Morgan fingerprint density at radius 1 is 0.298 bits per heavy atom. The van der Waals surface area contributed by atoms with Crippen LogP contribution in [0.15, 0.2) is 200 Å². The molecule has 0 heterocycles. The summed E-state index contributed by atoms with van der Waals surface area (Å²) < 4.78 is 0. The fourth-order valence-corrected chi connectivity index (χ4v) is 6.31. The number of para-hydroxylation sites is 4. The lowest BCUT2D eigenvalue weighted by Gasteiger charge is -2.31. The first kappa shape index (κ1) is 29.3. The molecule has 0 unspecified atom stereocenters. The number of rotatable bonds is 9. The van der Waals surface area contributed by atoms with Crippen molar-refractivity contribution in [1.29, 1.82) is 5.26 Å². The molecule has 3 heteroatoms. The van der Waals surface area contributed by atoms with E-state index in [2.05, 4.69) is 161 Å². The molecule has 0 amide bonds. The van der Waals surface area contributed by atoms with E-state index in [-0.39, 0.29) is 0 Å². The maximum absolute atomic E-state index is 11.1. The Bertz CT molecular complexity index is 1850. The predicted octanol–water partition coefficient (Wildman–Crippen LogP) is 11.5. The van der Waals surface area contributed by atoms with E-state index in [0.29, 0.717) is 0 Å². The Hall–Kier alpha value is -6.37. The number of benzene rings is 7. The molecule has 7 aromatic carbocycles. The van der Waals surface area contributed by atoms with Crippen molar-refractivity contribution in [3.8, 4) is 6.07 Å². The van der Waals surface area contributed by atoms with Crippen molar-refractivity contribution in [2.75, 3.05) is 9.80 Å². The van der Waals surface area contributed by atoms with Crippen molar-refractivity contribution in [3.05, 3.63) is 217 Å². The van der Waals surface area contributed by atoms with Gasteiger partial charge in [-0.15, -0.1) is 0 Å². The summed E-state index contributed by atoms with van der Waals surface area (Å²) in [6, 6.07) is 71.1. The predicted molar refractivity (Wildman–Crippen MR) is 194 cm³/mol. The largest absolute Gasteiger partial charge is 0.311 e.